The number of rotatable bonds is 8. The van der Waals surface area contributed by atoms with E-state index in [-0.39, 0.29) is 16.6 Å². The van der Waals surface area contributed by atoms with Gasteiger partial charge >= 0.3 is 0 Å². The van der Waals surface area contributed by atoms with Crippen molar-refractivity contribution in [2.24, 2.45) is 0 Å². The van der Waals surface area contributed by atoms with Crippen LogP contribution in [0.25, 0.3) is 0 Å². The highest BCUT2D eigenvalue weighted by Crippen LogP contribution is 2.19. The third-order valence-corrected chi connectivity index (χ3v) is 8.43. The topological polar surface area (TPSA) is 138 Å². The van der Waals surface area contributed by atoms with E-state index in [1.54, 1.807) is 30.3 Å². The second-order valence-electron chi connectivity index (χ2n) is 7.72. The number of benzene rings is 2. The van der Waals surface area contributed by atoms with E-state index in [2.05, 4.69) is 20.0 Å². The SMILES string of the molecule is O=C(Nc1ccc(S(=O)(=O)Nc2ncccn2)cc1)c1ccc(CS(=O)(=O)N2CCCC2)cc1. The van der Waals surface area contributed by atoms with Crippen LogP contribution in [0.3, 0.4) is 0 Å². The van der Waals surface area contributed by atoms with Crippen LogP contribution in [-0.4, -0.2) is 50.1 Å². The molecule has 4 rings (SSSR count). The van der Waals surface area contributed by atoms with E-state index in [0.717, 1.165) is 12.8 Å². The van der Waals surface area contributed by atoms with Gasteiger partial charge in [-0.2, -0.15) is 0 Å². The van der Waals surface area contributed by atoms with Crippen molar-refractivity contribution in [2.75, 3.05) is 23.1 Å². The summed E-state index contributed by atoms with van der Waals surface area (Å²) < 4.78 is 53.6. The maximum atomic E-state index is 12.6. The van der Waals surface area contributed by atoms with Crippen molar-refractivity contribution in [3.8, 4) is 0 Å². The van der Waals surface area contributed by atoms with Gasteiger partial charge < -0.3 is 5.32 Å². The van der Waals surface area contributed by atoms with E-state index in [0.29, 0.717) is 29.9 Å². The second-order valence-corrected chi connectivity index (χ2v) is 11.4. The van der Waals surface area contributed by atoms with Gasteiger partial charge in [0.25, 0.3) is 15.9 Å². The Hall–Kier alpha value is -3.35. The predicted molar refractivity (Wildman–Crippen MR) is 127 cm³/mol. The standard InChI is InChI=1S/C22H23N5O5S2/c28-21(18-6-4-17(5-7-18)16-33(29,30)27-14-1-2-15-27)25-19-8-10-20(11-9-19)34(31,32)26-22-23-12-3-13-24-22/h3-13H,1-2,14-16H2,(H,25,28)(H,23,24,26). The molecule has 0 atom stereocenters. The van der Waals surface area contributed by atoms with E-state index >= 15 is 0 Å². The Kier molecular flexibility index (Phi) is 6.91. The first-order valence-electron chi connectivity index (χ1n) is 10.5. The largest absolute Gasteiger partial charge is 0.322 e. The minimum absolute atomic E-state index is 0.0125. The fraction of sp³-hybridized carbons (Fsp3) is 0.227. The number of nitrogens with one attached hydrogen (secondary N) is 2. The first-order valence-corrected chi connectivity index (χ1v) is 13.6. The van der Waals surface area contributed by atoms with Gasteiger partial charge in [-0.1, -0.05) is 12.1 Å². The van der Waals surface area contributed by atoms with E-state index in [4.69, 9.17) is 0 Å². The lowest BCUT2D eigenvalue weighted by Gasteiger charge is -2.15. The second kappa shape index (κ2) is 9.87. The first kappa shape index (κ1) is 23.8. The molecule has 0 spiro atoms. The van der Waals surface area contributed by atoms with Crippen molar-refractivity contribution in [2.45, 2.75) is 23.5 Å². The smallest absolute Gasteiger partial charge is 0.264 e. The van der Waals surface area contributed by atoms with Crippen molar-refractivity contribution in [3.63, 3.8) is 0 Å². The summed E-state index contributed by atoms with van der Waals surface area (Å²) in [5, 5.41) is 2.69. The molecule has 3 aromatic rings. The molecular formula is C22H23N5O5S2. The summed E-state index contributed by atoms with van der Waals surface area (Å²) in [6, 6.07) is 13.6. The molecule has 178 valence electrons. The van der Waals surface area contributed by atoms with Crippen LogP contribution < -0.4 is 10.0 Å². The van der Waals surface area contributed by atoms with Gasteiger partial charge in [-0.05, 0) is 60.9 Å². The Labute approximate surface area is 198 Å². The number of carbonyl (C=O) groups excluding carboxylic acids is 1. The third kappa shape index (κ3) is 5.76. The molecule has 12 heteroatoms. The number of anilines is 2. The summed E-state index contributed by atoms with van der Waals surface area (Å²) in [6.07, 6.45) is 4.59. The quantitative estimate of drug-likeness (QED) is 0.483. The number of carbonyl (C=O) groups is 1. The fourth-order valence-electron chi connectivity index (χ4n) is 3.47. The summed E-state index contributed by atoms with van der Waals surface area (Å²) >= 11 is 0. The highest BCUT2D eigenvalue weighted by molar-refractivity contribution is 7.92. The van der Waals surface area contributed by atoms with Crippen molar-refractivity contribution in [1.82, 2.24) is 14.3 Å². The fourth-order valence-corrected chi connectivity index (χ4v) is 6.04. The molecule has 1 aromatic heterocycles. The molecule has 1 fully saturated rings. The lowest BCUT2D eigenvalue weighted by atomic mass is 10.1. The van der Waals surface area contributed by atoms with Crippen molar-refractivity contribution >= 4 is 37.6 Å². The molecular weight excluding hydrogens is 478 g/mol. The monoisotopic (exact) mass is 501 g/mol. The van der Waals surface area contributed by atoms with Gasteiger partial charge in [-0.3, -0.25) is 4.79 Å². The highest BCUT2D eigenvalue weighted by Gasteiger charge is 2.25. The Bertz CT molecular complexity index is 1360. The van der Waals surface area contributed by atoms with Crippen LogP contribution in [0.5, 0.6) is 0 Å². The van der Waals surface area contributed by atoms with Crippen LogP contribution in [0.4, 0.5) is 11.6 Å². The van der Waals surface area contributed by atoms with Crippen molar-refractivity contribution < 1.29 is 21.6 Å². The third-order valence-electron chi connectivity index (χ3n) is 5.24. The Morgan fingerprint density at radius 1 is 0.882 bits per heavy atom. The summed E-state index contributed by atoms with van der Waals surface area (Å²) in [4.78, 5) is 20.2. The van der Waals surface area contributed by atoms with Crippen LogP contribution in [0.1, 0.15) is 28.8 Å². The molecule has 1 aliphatic rings. The average molecular weight is 502 g/mol. The minimum atomic E-state index is -3.88. The molecule has 0 aliphatic carbocycles. The number of aromatic nitrogens is 2. The summed E-state index contributed by atoms with van der Waals surface area (Å²) in [5.74, 6) is -0.552. The number of hydrogen-bond acceptors (Lipinski definition) is 7. The van der Waals surface area contributed by atoms with Gasteiger partial charge in [-0.15, -0.1) is 0 Å². The van der Waals surface area contributed by atoms with E-state index < -0.39 is 26.0 Å². The number of nitrogens with zero attached hydrogens (tertiary/aromatic N) is 3. The summed E-state index contributed by atoms with van der Waals surface area (Å²) in [6.45, 7) is 1.11. The molecule has 34 heavy (non-hydrogen) atoms. The zero-order chi connectivity index (χ0) is 24.2. The van der Waals surface area contributed by atoms with Crippen LogP contribution in [0.15, 0.2) is 71.9 Å². The molecule has 2 N–H and O–H groups in total. The molecule has 0 bridgehead atoms. The maximum Gasteiger partial charge on any atom is 0.264 e. The number of amides is 1. The zero-order valence-corrected chi connectivity index (χ0v) is 19.7. The first-order chi connectivity index (χ1) is 16.2. The van der Waals surface area contributed by atoms with Crippen molar-refractivity contribution in [1.29, 1.82) is 0 Å². The zero-order valence-electron chi connectivity index (χ0n) is 18.1. The molecule has 1 amide bonds. The number of hydrogen-bond donors (Lipinski definition) is 2. The highest BCUT2D eigenvalue weighted by atomic mass is 32.2. The molecule has 2 aromatic carbocycles. The van der Waals surface area contributed by atoms with Gasteiger partial charge in [0.05, 0.1) is 10.6 Å². The lowest BCUT2D eigenvalue weighted by Crippen LogP contribution is -2.29. The summed E-state index contributed by atoms with van der Waals surface area (Å²) in [5.41, 5.74) is 1.36. The Morgan fingerprint density at radius 2 is 1.50 bits per heavy atom. The molecule has 0 saturated carbocycles. The van der Waals surface area contributed by atoms with Crippen LogP contribution in [0, 0.1) is 0 Å². The normalized spacial score (nSPS) is 14.6. The van der Waals surface area contributed by atoms with Crippen LogP contribution in [-0.2, 0) is 25.8 Å². The molecule has 1 saturated heterocycles. The Morgan fingerprint density at radius 3 is 2.12 bits per heavy atom. The van der Waals surface area contributed by atoms with Gasteiger partial charge in [-0.25, -0.2) is 35.8 Å². The maximum absolute atomic E-state index is 12.6. The molecule has 0 radical (unpaired) electrons. The lowest BCUT2D eigenvalue weighted by molar-refractivity contribution is 0.102. The van der Waals surface area contributed by atoms with Crippen molar-refractivity contribution in [3.05, 3.63) is 78.1 Å². The van der Waals surface area contributed by atoms with Gasteiger partial charge in [0.15, 0.2) is 0 Å². The molecule has 0 unspecified atom stereocenters. The average Bonchev–Trinajstić information content (AvgIpc) is 3.36. The summed E-state index contributed by atoms with van der Waals surface area (Å²) in [7, 11) is -7.24. The van der Waals surface area contributed by atoms with Crippen LogP contribution in [0.2, 0.25) is 0 Å². The Balaban J connectivity index is 1.38. The molecule has 1 aliphatic heterocycles. The predicted octanol–water partition coefficient (Wildman–Crippen LogP) is 2.46. The van der Waals surface area contributed by atoms with Gasteiger partial charge in [0.2, 0.25) is 16.0 Å². The van der Waals surface area contributed by atoms with E-state index in [1.165, 1.54) is 41.0 Å². The van der Waals surface area contributed by atoms with E-state index in [9.17, 15) is 21.6 Å². The van der Waals surface area contributed by atoms with Gasteiger partial charge in [0.1, 0.15) is 0 Å². The van der Waals surface area contributed by atoms with Crippen LogP contribution >= 0.6 is 0 Å². The van der Waals surface area contributed by atoms with E-state index in [1.807, 2.05) is 0 Å². The van der Waals surface area contributed by atoms with Gasteiger partial charge in [0, 0.05) is 36.7 Å². The minimum Gasteiger partial charge on any atom is -0.322 e. The molecule has 2 heterocycles. The number of sulfonamides is 2. The molecule has 10 nitrogen and oxygen atoms in total.